The van der Waals surface area contributed by atoms with Gasteiger partial charge in [0.2, 0.25) is 5.95 Å². The highest BCUT2D eigenvalue weighted by Gasteiger charge is 2.15. The van der Waals surface area contributed by atoms with Crippen LogP contribution in [0.1, 0.15) is 0 Å². The van der Waals surface area contributed by atoms with Crippen molar-refractivity contribution in [2.45, 2.75) is 0 Å². The number of amides is 1. The Morgan fingerprint density at radius 3 is 2.51 bits per heavy atom. The van der Waals surface area contributed by atoms with E-state index in [1.807, 2.05) is 12.1 Å². The van der Waals surface area contributed by atoms with Gasteiger partial charge in [-0.1, -0.05) is 0 Å². The summed E-state index contributed by atoms with van der Waals surface area (Å²) >= 11 is 0. The van der Waals surface area contributed by atoms with Crippen molar-refractivity contribution in [3.63, 3.8) is 0 Å². The molecule has 10 nitrogen and oxygen atoms in total. The largest absolute Gasteiger partial charge is 0.354 e. The van der Waals surface area contributed by atoms with Crippen molar-refractivity contribution in [1.29, 1.82) is 0 Å². The molecule has 4 aromatic rings. The zero-order valence-corrected chi connectivity index (χ0v) is 19.9. The van der Waals surface area contributed by atoms with Gasteiger partial charge in [-0.25, -0.2) is 15.0 Å². The van der Waals surface area contributed by atoms with Gasteiger partial charge in [0.1, 0.15) is 17.0 Å². The third kappa shape index (κ3) is 5.81. The van der Waals surface area contributed by atoms with Gasteiger partial charge in [-0.05, 0) is 37.4 Å². The first-order valence-electron chi connectivity index (χ1n) is 11.5. The molecular weight excluding hydrogens is 480 g/mol. The predicted octanol–water partition coefficient (Wildman–Crippen LogP) is 3.70. The third-order valence-electron chi connectivity index (χ3n) is 5.84. The zero-order valence-electron chi connectivity index (χ0n) is 19.9. The second-order valence-corrected chi connectivity index (χ2v) is 8.46. The van der Waals surface area contributed by atoms with E-state index < -0.39 is 12.0 Å². The lowest BCUT2D eigenvalue weighted by Crippen LogP contribution is -2.44. The number of carbonyl (C=O) groups excluding carboxylic acids is 1. The summed E-state index contributed by atoms with van der Waals surface area (Å²) in [5, 5.41) is 6.29. The van der Waals surface area contributed by atoms with Crippen LogP contribution in [0.3, 0.4) is 0 Å². The number of piperazine rings is 1. The number of nitrogens with one attached hydrogen (secondary N) is 2. The number of carbonyl (C=O) groups is 1. The maximum Gasteiger partial charge on any atom is 0.275 e. The Hall–Kier alpha value is -4.58. The first-order valence-corrected chi connectivity index (χ1v) is 11.5. The number of halogens is 2. The number of fused-ring (bicyclic) bond motifs is 1. The van der Waals surface area contributed by atoms with Crippen LogP contribution >= 0.6 is 0 Å². The van der Waals surface area contributed by atoms with E-state index in [1.165, 1.54) is 12.3 Å². The Morgan fingerprint density at radius 1 is 0.946 bits per heavy atom. The second kappa shape index (κ2) is 10.6. The number of rotatable bonds is 6. The van der Waals surface area contributed by atoms with E-state index in [0.717, 1.165) is 43.1 Å². The van der Waals surface area contributed by atoms with Crippen LogP contribution < -0.4 is 15.5 Å². The summed E-state index contributed by atoms with van der Waals surface area (Å²) in [5.74, 6) is 0.334. The van der Waals surface area contributed by atoms with E-state index >= 15 is 0 Å². The molecule has 1 aliphatic rings. The van der Waals surface area contributed by atoms with Gasteiger partial charge >= 0.3 is 0 Å². The lowest BCUT2D eigenvalue weighted by Gasteiger charge is -2.33. The third-order valence-corrected chi connectivity index (χ3v) is 5.84. The topological polar surface area (TPSA) is 112 Å². The smallest absolute Gasteiger partial charge is 0.275 e. The molecular formula is C25H23F2N9O. The molecule has 4 aromatic heterocycles. The molecule has 1 amide bonds. The van der Waals surface area contributed by atoms with Gasteiger partial charge in [0, 0.05) is 55.8 Å². The fraction of sp³-hybridized carbons (Fsp3) is 0.200. The number of nitrogens with zero attached hydrogens (tertiary/aromatic N) is 7. The van der Waals surface area contributed by atoms with E-state index in [1.54, 1.807) is 30.7 Å². The normalized spacial score (nSPS) is 13.9. The number of pyridine rings is 3. The molecule has 0 atom stereocenters. The summed E-state index contributed by atoms with van der Waals surface area (Å²) in [6.07, 6.45) is 4.60. The van der Waals surface area contributed by atoms with Crippen molar-refractivity contribution in [1.82, 2.24) is 29.8 Å². The highest BCUT2D eigenvalue weighted by molar-refractivity contribution is 6.00. The van der Waals surface area contributed by atoms with Crippen LogP contribution in [0.2, 0.25) is 0 Å². The molecule has 0 radical (unpaired) electrons. The molecule has 1 fully saturated rings. The molecule has 0 unspecified atom stereocenters. The van der Waals surface area contributed by atoms with Crippen LogP contribution in [-0.2, 0) is 4.79 Å². The average molecular weight is 504 g/mol. The maximum atomic E-state index is 12.4. The van der Waals surface area contributed by atoms with Gasteiger partial charge in [-0.2, -0.15) is 8.78 Å². The Bertz CT molecular complexity index is 1450. The molecule has 0 aromatic carbocycles. The molecule has 1 saturated heterocycles. The Labute approximate surface area is 211 Å². The molecule has 2 N–H and O–H groups in total. The van der Waals surface area contributed by atoms with Crippen LogP contribution in [0, 0.1) is 0 Å². The van der Waals surface area contributed by atoms with E-state index in [2.05, 4.69) is 52.4 Å². The highest BCUT2D eigenvalue weighted by Crippen LogP contribution is 2.26. The van der Waals surface area contributed by atoms with Crippen LogP contribution in [0.4, 0.5) is 31.9 Å². The molecule has 5 heterocycles. The number of hydrogen-bond donors (Lipinski definition) is 2. The molecule has 12 heteroatoms. The van der Waals surface area contributed by atoms with Crippen LogP contribution in [0.5, 0.6) is 0 Å². The molecule has 188 valence electrons. The van der Waals surface area contributed by atoms with Crippen molar-refractivity contribution in [2.75, 3.05) is 48.8 Å². The fourth-order valence-corrected chi connectivity index (χ4v) is 3.93. The van der Waals surface area contributed by atoms with Gasteiger partial charge in [0.15, 0.2) is 0 Å². The van der Waals surface area contributed by atoms with Crippen molar-refractivity contribution in [3.8, 4) is 11.4 Å². The van der Waals surface area contributed by atoms with E-state index in [0.29, 0.717) is 28.5 Å². The van der Waals surface area contributed by atoms with E-state index in [4.69, 9.17) is 0 Å². The van der Waals surface area contributed by atoms with Gasteiger partial charge in [0.25, 0.3) is 12.0 Å². The summed E-state index contributed by atoms with van der Waals surface area (Å²) in [5.41, 5.74) is 2.43. The summed E-state index contributed by atoms with van der Waals surface area (Å²) < 4.78 is 24.7. The minimum Gasteiger partial charge on any atom is -0.354 e. The monoisotopic (exact) mass is 503 g/mol. The first-order chi connectivity index (χ1) is 17.9. The number of aromatic nitrogens is 5. The SMILES string of the molecule is CN1CCN(c2ccc(Nc3ncc4ccnc(-c5cc(NC(=O)C=C(F)F)ccn5)c4n3)cn2)CC1. The Kier molecular flexibility index (Phi) is 6.90. The average Bonchev–Trinajstić information content (AvgIpc) is 2.89. The summed E-state index contributed by atoms with van der Waals surface area (Å²) in [6, 6.07) is 8.71. The fourth-order valence-electron chi connectivity index (χ4n) is 3.93. The molecule has 5 rings (SSSR count). The number of anilines is 4. The van der Waals surface area contributed by atoms with Crippen molar-refractivity contribution in [3.05, 3.63) is 67.3 Å². The number of hydrogen-bond acceptors (Lipinski definition) is 9. The van der Waals surface area contributed by atoms with E-state index in [-0.39, 0.29) is 6.08 Å². The van der Waals surface area contributed by atoms with Gasteiger partial charge in [-0.15, -0.1) is 0 Å². The summed E-state index contributed by atoms with van der Waals surface area (Å²) in [6.45, 7) is 3.87. The van der Waals surface area contributed by atoms with Crippen LogP contribution in [0.15, 0.2) is 67.3 Å². The molecule has 0 aliphatic carbocycles. The summed E-state index contributed by atoms with van der Waals surface area (Å²) in [4.78, 5) is 38.6. The Balaban J connectivity index is 1.38. The van der Waals surface area contributed by atoms with Crippen molar-refractivity contribution < 1.29 is 13.6 Å². The first kappa shape index (κ1) is 24.1. The zero-order chi connectivity index (χ0) is 25.8. The maximum absolute atomic E-state index is 12.4. The van der Waals surface area contributed by atoms with Gasteiger partial charge in [0.05, 0.1) is 23.7 Å². The van der Waals surface area contributed by atoms with E-state index in [9.17, 15) is 13.6 Å². The number of likely N-dealkylation sites (N-methyl/N-ethyl adjacent to an activating group) is 1. The standard InChI is InChI=1S/C25H23F2N9O/c1-35-8-10-36(11-9-35)21-3-2-18(15-30-21)33-25-31-14-16-4-6-29-24(23(16)34-25)19-12-17(5-7-28-19)32-22(37)13-20(26)27/h2-7,12-15H,8-11H2,1H3,(H,28,32,37)(H,31,33,34). The van der Waals surface area contributed by atoms with Crippen molar-refractivity contribution in [2.24, 2.45) is 0 Å². The van der Waals surface area contributed by atoms with Crippen LogP contribution in [-0.4, -0.2) is 69.0 Å². The van der Waals surface area contributed by atoms with Gasteiger partial charge in [-0.3, -0.25) is 14.8 Å². The minimum absolute atomic E-state index is 0.216. The molecule has 37 heavy (non-hydrogen) atoms. The highest BCUT2D eigenvalue weighted by atomic mass is 19.3. The molecule has 0 bridgehead atoms. The molecule has 1 aliphatic heterocycles. The quantitative estimate of drug-likeness (QED) is 0.381. The second-order valence-electron chi connectivity index (χ2n) is 8.46. The van der Waals surface area contributed by atoms with Crippen LogP contribution in [0.25, 0.3) is 22.3 Å². The minimum atomic E-state index is -2.08. The molecule has 0 saturated carbocycles. The lowest BCUT2D eigenvalue weighted by molar-refractivity contribution is -0.112. The molecule has 0 spiro atoms. The summed E-state index contributed by atoms with van der Waals surface area (Å²) in [7, 11) is 2.11. The Morgan fingerprint density at radius 2 is 1.76 bits per heavy atom. The lowest BCUT2D eigenvalue weighted by atomic mass is 10.1. The predicted molar refractivity (Wildman–Crippen MR) is 137 cm³/mol. The van der Waals surface area contributed by atoms with Gasteiger partial charge < -0.3 is 20.4 Å². The van der Waals surface area contributed by atoms with Crippen molar-refractivity contribution >= 4 is 40.0 Å².